The maximum atomic E-state index is 13.3. The van der Waals surface area contributed by atoms with E-state index in [0.717, 1.165) is 0 Å². The molecule has 0 saturated heterocycles. The van der Waals surface area contributed by atoms with E-state index in [4.69, 9.17) is 0 Å². The van der Waals surface area contributed by atoms with Crippen molar-refractivity contribution in [1.82, 2.24) is 5.32 Å². The topological polar surface area (TPSA) is 32.3 Å². The normalized spacial score (nSPS) is 23.8. The van der Waals surface area contributed by atoms with Gasteiger partial charge >= 0.3 is 0 Å². The molecule has 0 aromatic heterocycles. The minimum Gasteiger partial charge on any atom is -0.505 e. The molecule has 1 saturated carbocycles. The van der Waals surface area contributed by atoms with E-state index in [0.29, 0.717) is 30.0 Å². The van der Waals surface area contributed by atoms with Gasteiger partial charge in [0.05, 0.1) is 0 Å². The lowest BCUT2D eigenvalue weighted by Crippen LogP contribution is -2.40. The Morgan fingerprint density at radius 3 is 2.79 bits per heavy atom. The van der Waals surface area contributed by atoms with Gasteiger partial charge in [-0.25, -0.2) is 4.39 Å². The van der Waals surface area contributed by atoms with Crippen molar-refractivity contribution < 1.29 is 9.50 Å². The summed E-state index contributed by atoms with van der Waals surface area (Å²) in [4.78, 5) is 0. The highest BCUT2D eigenvalue weighted by Gasteiger charge is 2.27. The number of hydrogen-bond acceptors (Lipinski definition) is 2. The van der Waals surface area contributed by atoms with Crippen LogP contribution in [0.3, 0.4) is 0 Å². The fraction of sp³-hybridized carbons (Fsp3) is 0.625. The fourth-order valence-electron chi connectivity index (χ4n) is 3.15. The van der Waals surface area contributed by atoms with Crippen LogP contribution in [0, 0.1) is 17.7 Å². The van der Waals surface area contributed by atoms with Crippen molar-refractivity contribution in [2.75, 3.05) is 0 Å². The minimum atomic E-state index is -0.539. The Balaban J connectivity index is 1.98. The highest BCUT2D eigenvalue weighted by atomic mass is 19.1. The Labute approximate surface area is 115 Å². The van der Waals surface area contributed by atoms with Gasteiger partial charge < -0.3 is 10.4 Å². The summed E-state index contributed by atoms with van der Waals surface area (Å²) in [7, 11) is 0. The summed E-state index contributed by atoms with van der Waals surface area (Å²) < 4.78 is 13.3. The van der Waals surface area contributed by atoms with Crippen molar-refractivity contribution in [1.29, 1.82) is 0 Å². The predicted molar refractivity (Wildman–Crippen MR) is 75.5 cm³/mol. The first kappa shape index (κ1) is 14.3. The molecule has 1 aromatic carbocycles. The number of aromatic hydroxyl groups is 1. The number of phenolic OH excluding ortho intramolecular Hbond substituents is 1. The molecule has 0 amide bonds. The number of para-hydroxylation sites is 1. The predicted octanol–water partition coefficient (Wildman–Crippen LogP) is 3.84. The highest BCUT2D eigenvalue weighted by molar-refractivity contribution is 5.33. The molecule has 1 aliphatic rings. The zero-order chi connectivity index (χ0) is 13.8. The van der Waals surface area contributed by atoms with Crippen LogP contribution in [0.1, 0.15) is 45.1 Å². The summed E-state index contributed by atoms with van der Waals surface area (Å²) in [5.41, 5.74) is 0.646. The van der Waals surface area contributed by atoms with E-state index in [1.807, 2.05) is 0 Å². The first-order valence-electron chi connectivity index (χ1n) is 7.29. The number of rotatable bonds is 4. The van der Waals surface area contributed by atoms with Gasteiger partial charge in [0.2, 0.25) is 0 Å². The van der Waals surface area contributed by atoms with Gasteiger partial charge in [-0.05, 0) is 30.7 Å². The Bertz CT molecular complexity index is 419. The van der Waals surface area contributed by atoms with Crippen LogP contribution < -0.4 is 5.32 Å². The summed E-state index contributed by atoms with van der Waals surface area (Å²) in [6, 6.07) is 5.19. The van der Waals surface area contributed by atoms with Gasteiger partial charge in [0.25, 0.3) is 0 Å². The lowest BCUT2D eigenvalue weighted by Gasteiger charge is -2.35. The van der Waals surface area contributed by atoms with Crippen LogP contribution in [0.25, 0.3) is 0 Å². The van der Waals surface area contributed by atoms with Crippen molar-refractivity contribution in [2.24, 2.45) is 11.8 Å². The minimum absolute atomic E-state index is 0.216. The molecule has 1 fully saturated rings. The second-order valence-electron chi connectivity index (χ2n) is 5.93. The fourth-order valence-corrected chi connectivity index (χ4v) is 3.15. The standard InChI is InChI=1S/C16H24FNO/c1-11(2)13-7-3-4-9-15(13)18-10-12-6-5-8-14(17)16(12)19/h5-6,8,11,13,15,18-19H,3-4,7,9-10H2,1-2H3. The van der Waals surface area contributed by atoms with E-state index in [1.54, 1.807) is 12.1 Å². The van der Waals surface area contributed by atoms with Crippen LogP contribution in [0.5, 0.6) is 5.75 Å². The van der Waals surface area contributed by atoms with Gasteiger partial charge in [-0.1, -0.05) is 38.8 Å². The van der Waals surface area contributed by atoms with Crippen molar-refractivity contribution >= 4 is 0 Å². The summed E-state index contributed by atoms with van der Waals surface area (Å²) in [6.07, 6.45) is 5.02. The first-order chi connectivity index (χ1) is 9.09. The Morgan fingerprint density at radius 2 is 2.05 bits per heavy atom. The number of hydrogen-bond donors (Lipinski definition) is 2. The van der Waals surface area contributed by atoms with Gasteiger partial charge in [-0.3, -0.25) is 0 Å². The van der Waals surface area contributed by atoms with Crippen LogP contribution >= 0.6 is 0 Å². The second-order valence-corrected chi connectivity index (χ2v) is 5.93. The third-order valence-electron chi connectivity index (χ3n) is 4.30. The smallest absolute Gasteiger partial charge is 0.165 e. The molecule has 1 aromatic rings. The van der Waals surface area contributed by atoms with Gasteiger partial charge in [-0.2, -0.15) is 0 Å². The third kappa shape index (κ3) is 3.47. The van der Waals surface area contributed by atoms with Crippen molar-refractivity contribution in [2.45, 2.75) is 52.1 Å². The maximum absolute atomic E-state index is 13.3. The van der Waals surface area contributed by atoms with Gasteiger partial charge in [0.1, 0.15) is 0 Å². The molecule has 2 atom stereocenters. The van der Waals surface area contributed by atoms with Crippen LogP contribution in [0.4, 0.5) is 4.39 Å². The van der Waals surface area contributed by atoms with E-state index in [2.05, 4.69) is 19.2 Å². The molecule has 2 N–H and O–H groups in total. The Morgan fingerprint density at radius 1 is 1.32 bits per heavy atom. The first-order valence-corrected chi connectivity index (χ1v) is 7.29. The van der Waals surface area contributed by atoms with Crippen LogP contribution in [0.15, 0.2) is 18.2 Å². The van der Waals surface area contributed by atoms with E-state index in [1.165, 1.54) is 31.7 Å². The molecule has 1 aliphatic carbocycles. The molecular formula is C16H24FNO. The van der Waals surface area contributed by atoms with E-state index in [-0.39, 0.29) is 5.75 Å². The number of halogens is 1. The lowest BCUT2D eigenvalue weighted by molar-refractivity contribution is 0.204. The summed E-state index contributed by atoms with van der Waals surface area (Å²) in [5, 5.41) is 13.2. The summed E-state index contributed by atoms with van der Waals surface area (Å²) in [5.74, 6) is 0.596. The molecule has 0 heterocycles. The summed E-state index contributed by atoms with van der Waals surface area (Å²) >= 11 is 0. The van der Waals surface area contributed by atoms with E-state index in [9.17, 15) is 9.50 Å². The third-order valence-corrected chi connectivity index (χ3v) is 4.30. The molecule has 2 nitrogen and oxygen atoms in total. The van der Waals surface area contributed by atoms with Gasteiger partial charge in [0, 0.05) is 18.2 Å². The Kier molecular flexibility index (Phi) is 4.81. The van der Waals surface area contributed by atoms with Gasteiger partial charge in [-0.15, -0.1) is 0 Å². The van der Waals surface area contributed by atoms with Crippen molar-refractivity contribution in [3.05, 3.63) is 29.6 Å². The molecule has 2 rings (SSSR count). The number of phenols is 1. The van der Waals surface area contributed by atoms with E-state index >= 15 is 0 Å². The maximum Gasteiger partial charge on any atom is 0.165 e. The highest BCUT2D eigenvalue weighted by Crippen LogP contribution is 2.30. The van der Waals surface area contributed by atoms with Crippen LogP contribution in [-0.2, 0) is 6.54 Å². The zero-order valence-corrected chi connectivity index (χ0v) is 11.8. The molecule has 106 valence electrons. The zero-order valence-electron chi connectivity index (χ0n) is 11.8. The number of nitrogens with one attached hydrogen (secondary N) is 1. The van der Waals surface area contributed by atoms with E-state index < -0.39 is 5.82 Å². The molecule has 3 heteroatoms. The molecule has 0 spiro atoms. The quantitative estimate of drug-likeness (QED) is 0.867. The Hall–Kier alpha value is -1.09. The molecule has 0 aliphatic heterocycles. The monoisotopic (exact) mass is 265 g/mol. The average Bonchev–Trinajstić information content (AvgIpc) is 2.40. The van der Waals surface area contributed by atoms with Crippen LogP contribution in [-0.4, -0.2) is 11.1 Å². The second kappa shape index (κ2) is 6.38. The van der Waals surface area contributed by atoms with Crippen LogP contribution in [0.2, 0.25) is 0 Å². The lowest BCUT2D eigenvalue weighted by atomic mass is 9.78. The van der Waals surface area contributed by atoms with Crippen molar-refractivity contribution in [3.8, 4) is 5.75 Å². The van der Waals surface area contributed by atoms with Crippen molar-refractivity contribution in [3.63, 3.8) is 0 Å². The molecular weight excluding hydrogens is 241 g/mol. The molecule has 19 heavy (non-hydrogen) atoms. The largest absolute Gasteiger partial charge is 0.505 e. The molecule has 0 bridgehead atoms. The number of benzene rings is 1. The van der Waals surface area contributed by atoms with Gasteiger partial charge in [0.15, 0.2) is 11.6 Å². The molecule has 2 unspecified atom stereocenters. The molecule has 0 radical (unpaired) electrons. The average molecular weight is 265 g/mol. The summed E-state index contributed by atoms with van der Waals surface area (Å²) in [6.45, 7) is 5.08. The SMILES string of the molecule is CC(C)C1CCCCC1NCc1cccc(F)c1O.